The van der Waals surface area contributed by atoms with Crippen LogP contribution in [0, 0.1) is 0 Å². The molecule has 0 saturated heterocycles. The van der Waals surface area contributed by atoms with Gasteiger partial charge in [-0.3, -0.25) is 0 Å². The van der Waals surface area contributed by atoms with Crippen LogP contribution in [0.1, 0.15) is 118 Å². The van der Waals surface area contributed by atoms with Gasteiger partial charge in [0.1, 0.15) is 0 Å². The Morgan fingerprint density at radius 2 is 0.524 bits per heavy atom. The lowest BCUT2D eigenvalue weighted by molar-refractivity contribution is 0.562. The first kappa shape index (κ1) is 25.9. The highest BCUT2D eigenvalue weighted by Crippen LogP contribution is 2.09. The monoisotopic (exact) mass is 301 g/mol. The highest BCUT2D eigenvalue weighted by Gasteiger charge is 1.90. The minimum Gasteiger partial charge on any atom is -0.323 e. The zero-order valence-electron chi connectivity index (χ0n) is 16.4. The molecular weight excluding hydrogens is 254 g/mol. The van der Waals surface area contributed by atoms with Crippen LogP contribution in [0.5, 0.6) is 0 Å². The Bertz CT molecular complexity index is 109. The molecule has 0 saturated carbocycles. The molecule has 1 nitrogen and oxygen atoms in total. The first-order valence-corrected chi connectivity index (χ1v) is 9.83. The van der Waals surface area contributed by atoms with Crippen molar-refractivity contribution in [3.8, 4) is 0 Å². The molecule has 0 bridgehead atoms. The van der Waals surface area contributed by atoms with E-state index in [9.17, 15) is 0 Å². The van der Waals surface area contributed by atoms with E-state index in [1.54, 1.807) is 0 Å². The van der Waals surface area contributed by atoms with E-state index in [0.29, 0.717) is 0 Å². The Hall–Kier alpha value is -0.0400. The van der Waals surface area contributed by atoms with Crippen molar-refractivity contribution in [3.05, 3.63) is 0 Å². The van der Waals surface area contributed by atoms with E-state index >= 15 is 0 Å². The van der Waals surface area contributed by atoms with Gasteiger partial charge < -0.3 is 5.32 Å². The topological polar surface area (TPSA) is 12.0 Å². The summed E-state index contributed by atoms with van der Waals surface area (Å²) in [7, 11) is 3.75. The fraction of sp³-hybridized carbons (Fsp3) is 1.00. The summed E-state index contributed by atoms with van der Waals surface area (Å²) < 4.78 is 0. The lowest BCUT2D eigenvalue weighted by Crippen LogP contribution is -1.89. The molecule has 0 spiro atoms. The maximum Gasteiger partial charge on any atom is -0.0167 e. The molecule has 0 radical (unpaired) electrons. The number of nitrogens with one attached hydrogen (secondary N) is 1. The van der Waals surface area contributed by atoms with E-state index < -0.39 is 0 Å². The molecule has 0 aromatic rings. The van der Waals surface area contributed by atoms with Crippen molar-refractivity contribution in [1.29, 1.82) is 0 Å². The number of hydrogen-bond acceptors (Lipinski definition) is 1. The number of unbranched alkanes of at least 4 members (excludes halogenated alkanes) is 12. The van der Waals surface area contributed by atoms with Crippen LogP contribution in [0.3, 0.4) is 0 Å². The summed E-state index contributed by atoms with van der Waals surface area (Å²) >= 11 is 0. The van der Waals surface area contributed by atoms with E-state index in [1.165, 1.54) is 89.9 Å². The summed E-state index contributed by atoms with van der Waals surface area (Å²) in [5.74, 6) is 0. The summed E-state index contributed by atoms with van der Waals surface area (Å²) in [4.78, 5) is 0. The van der Waals surface area contributed by atoms with Gasteiger partial charge >= 0.3 is 0 Å². The van der Waals surface area contributed by atoms with Crippen LogP contribution in [-0.4, -0.2) is 14.1 Å². The molecule has 0 aliphatic heterocycles. The maximum atomic E-state index is 2.75. The predicted molar refractivity (Wildman–Crippen MR) is 102 cm³/mol. The molecule has 0 unspecified atom stereocenters. The van der Waals surface area contributed by atoms with Crippen molar-refractivity contribution in [1.82, 2.24) is 5.32 Å². The van der Waals surface area contributed by atoms with Crippen LogP contribution < -0.4 is 5.32 Å². The van der Waals surface area contributed by atoms with Gasteiger partial charge in [0, 0.05) is 0 Å². The molecule has 1 N–H and O–H groups in total. The fourth-order valence-corrected chi connectivity index (χ4v) is 2.06. The molecular formula is C20H47N. The van der Waals surface area contributed by atoms with Gasteiger partial charge in [-0.2, -0.15) is 0 Å². The highest BCUT2D eigenvalue weighted by molar-refractivity contribution is 4.45. The minimum atomic E-state index is 1.36. The molecule has 21 heavy (non-hydrogen) atoms. The highest BCUT2D eigenvalue weighted by atomic mass is 14.7. The summed E-state index contributed by atoms with van der Waals surface area (Å²) in [5.41, 5.74) is 0. The lowest BCUT2D eigenvalue weighted by atomic mass is 10.1. The maximum absolute atomic E-state index is 2.75. The van der Waals surface area contributed by atoms with Crippen LogP contribution >= 0.6 is 0 Å². The van der Waals surface area contributed by atoms with Gasteiger partial charge in [0.15, 0.2) is 0 Å². The van der Waals surface area contributed by atoms with E-state index in [4.69, 9.17) is 0 Å². The Morgan fingerprint density at radius 3 is 0.714 bits per heavy atom. The van der Waals surface area contributed by atoms with E-state index in [2.05, 4.69) is 33.0 Å². The second-order valence-electron chi connectivity index (χ2n) is 6.04. The molecule has 0 rings (SSSR count). The summed E-state index contributed by atoms with van der Waals surface area (Å²) in [5, 5.41) is 2.75. The molecule has 0 aromatic carbocycles. The van der Waals surface area contributed by atoms with Crippen molar-refractivity contribution in [3.63, 3.8) is 0 Å². The van der Waals surface area contributed by atoms with Gasteiger partial charge in [0.25, 0.3) is 0 Å². The van der Waals surface area contributed by atoms with Crippen LogP contribution in [-0.2, 0) is 0 Å². The van der Waals surface area contributed by atoms with E-state index in [-0.39, 0.29) is 0 Å². The van der Waals surface area contributed by atoms with Crippen molar-refractivity contribution in [2.24, 2.45) is 0 Å². The van der Waals surface area contributed by atoms with Crippen LogP contribution in [0.4, 0.5) is 0 Å². The Balaban J connectivity index is -0.000000300. The van der Waals surface area contributed by atoms with Crippen LogP contribution in [0.15, 0.2) is 0 Å². The molecule has 0 aliphatic rings. The minimum absolute atomic E-state index is 1.36. The van der Waals surface area contributed by atoms with E-state index in [1.807, 2.05) is 14.1 Å². The van der Waals surface area contributed by atoms with Crippen molar-refractivity contribution in [2.45, 2.75) is 118 Å². The molecule has 0 atom stereocenters. The molecule has 0 fully saturated rings. The van der Waals surface area contributed by atoms with Gasteiger partial charge in [-0.1, -0.05) is 118 Å². The van der Waals surface area contributed by atoms with Crippen LogP contribution in [0.2, 0.25) is 0 Å². The molecule has 1 heteroatoms. The number of rotatable bonds is 12. The van der Waals surface area contributed by atoms with Gasteiger partial charge in [-0.25, -0.2) is 0 Å². The normalized spacial score (nSPS) is 9.43. The second-order valence-corrected chi connectivity index (χ2v) is 6.04. The van der Waals surface area contributed by atoms with Crippen molar-refractivity contribution < 1.29 is 0 Å². The fourth-order valence-electron chi connectivity index (χ4n) is 2.06. The predicted octanol–water partition coefficient (Wildman–Crippen LogP) is 7.35. The van der Waals surface area contributed by atoms with Crippen molar-refractivity contribution >= 4 is 0 Å². The van der Waals surface area contributed by atoms with Gasteiger partial charge in [0.05, 0.1) is 0 Å². The average Bonchev–Trinajstić information content (AvgIpc) is 2.49. The summed E-state index contributed by atoms with van der Waals surface area (Å²) in [6.07, 6.45) is 20.0. The largest absolute Gasteiger partial charge is 0.323 e. The summed E-state index contributed by atoms with van der Waals surface area (Å²) in [6, 6.07) is 0. The Kier molecular flexibility index (Phi) is 39.5. The van der Waals surface area contributed by atoms with Crippen LogP contribution in [0.25, 0.3) is 0 Å². The lowest BCUT2D eigenvalue weighted by Gasteiger charge is -1.99. The zero-order valence-corrected chi connectivity index (χ0v) is 16.4. The third kappa shape index (κ3) is 45.0. The third-order valence-electron chi connectivity index (χ3n) is 3.41. The average molecular weight is 302 g/mol. The van der Waals surface area contributed by atoms with Crippen molar-refractivity contribution in [2.75, 3.05) is 14.1 Å². The number of hydrogen-bond donors (Lipinski definition) is 1. The Labute approximate surface area is 137 Å². The second kappa shape index (κ2) is 32.1. The third-order valence-corrected chi connectivity index (χ3v) is 3.41. The quantitative estimate of drug-likeness (QED) is 0.371. The SMILES string of the molecule is CCCCCC.CCCCCCCCCCCC.CNC. The molecule has 0 heterocycles. The summed E-state index contributed by atoms with van der Waals surface area (Å²) in [6.45, 7) is 9.02. The Morgan fingerprint density at radius 1 is 0.381 bits per heavy atom. The first-order chi connectivity index (χ1) is 10.2. The van der Waals surface area contributed by atoms with Gasteiger partial charge in [-0.05, 0) is 14.1 Å². The standard InChI is InChI=1S/C12H26.C6H14.C2H7N/c1-3-5-7-9-11-12-10-8-6-4-2;1-3-5-6-4-2;1-3-2/h3-12H2,1-2H3;3-6H2,1-2H3;3H,1-2H3. The smallest absolute Gasteiger partial charge is 0.0167 e. The molecule has 0 amide bonds. The van der Waals surface area contributed by atoms with Gasteiger partial charge in [-0.15, -0.1) is 0 Å². The van der Waals surface area contributed by atoms with Gasteiger partial charge in [0.2, 0.25) is 0 Å². The molecule has 0 aromatic heterocycles. The first-order valence-electron chi connectivity index (χ1n) is 9.83. The zero-order chi connectivity index (χ0) is 16.6. The van der Waals surface area contributed by atoms with E-state index in [0.717, 1.165) is 0 Å². The molecule has 132 valence electrons. The molecule has 0 aliphatic carbocycles.